The Morgan fingerprint density at radius 2 is 2.00 bits per heavy atom. The Bertz CT molecular complexity index is 584. The van der Waals surface area contributed by atoms with Crippen LogP contribution in [0, 0.1) is 0 Å². The molecular weight excluding hydrogens is 258 g/mol. The molecule has 5 nitrogen and oxygen atoms in total. The van der Waals surface area contributed by atoms with E-state index in [0.717, 1.165) is 5.56 Å². The second-order valence-electron chi connectivity index (χ2n) is 4.12. The lowest BCUT2D eigenvalue weighted by molar-refractivity contribution is 0.0692. The second-order valence-corrected chi connectivity index (χ2v) is 4.12. The Morgan fingerprint density at radius 1 is 1.25 bits per heavy atom. The molecule has 0 aliphatic heterocycles. The maximum Gasteiger partial charge on any atom is 0.339 e. The highest BCUT2D eigenvalue weighted by molar-refractivity contribution is 5.91. The highest BCUT2D eigenvalue weighted by Crippen LogP contribution is 2.25. The highest BCUT2D eigenvalue weighted by Gasteiger charge is 2.12. The zero-order valence-electron chi connectivity index (χ0n) is 11.1. The van der Waals surface area contributed by atoms with Gasteiger partial charge in [-0.25, -0.2) is 4.79 Å². The second kappa shape index (κ2) is 6.56. The molecule has 0 saturated heterocycles. The third kappa shape index (κ3) is 3.47. The summed E-state index contributed by atoms with van der Waals surface area (Å²) in [6, 6.07) is 8.44. The normalized spacial score (nSPS) is 10.1. The van der Waals surface area contributed by atoms with Gasteiger partial charge in [-0.05, 0) is 29.8 Å². The summed E-state index contributed by atoms with van der Waals surface area (Å²) in [5, 5.41) is 9.12. The minimum atomic E-state index is -1.02. The molecule has 0 amide bonds. The first kappa shape index (κ1) is 13.9. The molecule has 0 fully saturated rings. The molecule has 0 saturated carbocycles. The van der Waals surface area contributed by atoms with Gasteiger partial charge in [-0.2, -0.15) is 0 Å². The number of methoxy groups -OCH3 is 1. The highest BCUT2D eigenvalue weighted by atomic mass is 16.5. The van der Waals surface area contributed by atoms with Gasteiger partial charge in [0.25, 0.3) is 0 Å². The fourth-order valence-corrected chi connectivity index (χ4v) is 1.75. The summed E-state index contributed by atoms with van der Waals surface area (Å²) in [4.78, 5) is 15.1. The minimum Gasteiger partial charge on any atom is -0.497 e. The largest absolute Gasteiger partial charge is 0.497 e. The van der Waals surface area contributed by atoms with Gasteiger partial charge in [0.15, 0.2) is 0 Å². The molecule has 5 heteroatoms. The number of carboxylic acid groups (broad SMARTS) is 1. The number of benzene rings is 1. The third-order valence-corrected chi connectivity index (χ3v) is 2.82. The maximum atomic E-state index is 11.1. The van der Waals surface area contributed by atoms with Crippen molar-refractivity contribution >= 4 is 5.97 Å². The lowest BCUT2D eigenvalue weighted by Crippen LogP contribution is -2.06. The van der Waals surface area contributed by atoms with Crippen LogP contribution < -0.4 is 9.47 Å². The van der Waals surface area contributed by atoms with Crippen molar-refractivity contribution in [2.75, 3.05) is 13.7 Å². The van der Waals surface area contributed by atoms with Crippen molar-refractivity contribution in [1.82, 2.24) is 4.98 Å². The number of pyridine rings is 1. The van der Waals surface area contributed by atoms with Crippen LogP contribution in [0.2, 0.25) is 0 Å². The van der Waals surface area contributed by atoms with Gasteiger partial charge in [0.2, 0.25) is 0 Å². The summed E-state index contributed by atoms with van der Waals surface area (Å²) in [5.41, 5.74) is 1.21. The van der Waals surface area contributed by atoms with Crippen molar-refractivity contribution in [1.29, 1.82) is 0 Å². The van der Waals surface area contributed by atoms with Crippen molar-refractivity contribution in [2.24, 2.45) is 0 Å². The quantitative estimate of drug-likeness (QED) is 0.875. The van der Waals surface area contributed by atoms with Crippen molar-refractivity contribution in [3.63, 3.8) is 0 Å². The molecule has 0 bridgehead atoms. The molecule has 20 heavy (non-hydrogen) atoms. The number of nitrogens with zero attached hydrogens (tertiary/aromatic N) is 1. The lowest BCUT2D eigenvalue weighted by Gasteiger charge is -2.10. The first-order valence-electron chi connectivity index (χ1n) is 6.13. The summed E-state index contributed by atoms with van der Waals surface area (Å²) in [5.74, 6) is -0.147. The number of aromatic nitrogens is 1. The molecule has 104 valence electrons. The van der Waals surface area contributed by atoms with E-state index in [0.29, 0.717) is 24.5 Å². The van der Waals surface area contributed by atoms with Gasteiger partial charge in [0, 0.05) is 24.9 Å². The topological polar surface area (TPSA) is 68.7 Å². The van der Waals surface area contributed by atoms with E-state index in [4.69, 9.17) is 14.6 Å². The molecule has 0 aliphatic carbocycles. The van der Waals surface area contributed by atoms with Crippen LogP contribution in [-0.2, 0) is 6.42 Å². The van der Waals surface area contributed by atoms with Crippen LogP contribution in [0.1, 0.15) is 15.9 Å². The smallest absolute Gasteiger partial charge is 0.339 e. The van der Waals surface area contributed by atoms with Crippen molar-refractivity contribution in [3.8, 4) is 11.5 Å². The summed E-state index contributed by atoms with van der Waals surface area (Å²) in [7, 11) is 1.52. The van der Waals surface area contributed by atoms with Crippen LogP contribution in [0.4, 0.5) is 0 Å². The third-order valence-electron chi connectivity index (χ3n) is 2.82. The molecule has 1 aromatic heterocycles. The van der Waals surface area contributed by atoms with Gasteiger partial charge in [0.1, 0.15) is 17.1 Å². The standard InChI is InChI=1S/C15H15NO4/c1-19-12-2-3-13(15(17)18)14(10-12)20-9-6-11-4-7-16-8-5-11/h2-5,7-8,10H,6,9H2,1H3,(H,17,18). The van der Waals surface area contributed by atoms with Gasteiger partial charge in [-0.1, -0.05) is 0 Å². The molecule has 2 rings (SSSR count). The monoisotopic (exact) mass is 273 g/mol. The van der Waals surface area contributed by atoms with E-state index in [2.05, 4.69) is 4.98 Å². The average Bonchev–Trinajstić information content (AvgIpc) is 2.48. The Balaban J connectivity index is 2.06. The minimum absolute atomic E-state index is 0.125. The number of hydrogen-bond donors (Lipinski definition) is 1. The zero-order valence-corrected chi connectivity index (χ0v) is 11.1. The molecule has 0 unspecified atom stereocenters. The van der Waals surface area contributed by atoms with Gasteiger partial charge >= 0.3 is 5.97 Å². The molecule has 1 heterocycles. The molecular formula is C15H15NO4. The van der Waals surface area contributed by atoms with Crippen LogP contribution in [0.5, 0.6) is 11.5 Å². The predicted octanol–water partition coefficient (Wildman–Crippen LogP) is 2.41. The molecule has 0 spiro atoms. The fraction of sp³-hybridized carbons (Fsp3) is 0.200. The molecule has 2 aromatic rings. The summed E-state index contributed by atoms with van der Waals surface area (Å²) in [6.45, 7) is 0.386. The number of carboxylic acids is 1. The predicted molar refractivity (Wildman–Crippen MR) is 73.4 cm³/mol. The van der Waals surface area contributed by atoms with Gasteiger partial charge in [-0.15, -0.1) is 0 Å². The Morgan fingerprint density at radius 3 is 2.65 bits per heavy atom. The average molecular weight is 273 g/mol. The van der Waals surface area contributed by atoms with Crippen molar-refractivity contribution in [2.45, 2.75) is 6.42 Å². The molecule has 0 atom stereocenters. The summed E-state index contributed by atoms with van der Waals surface area (Å²) >= 11 is 0. The van der Waals surface area contributed by atoms with E-state index in [1.54, 1.807) is 24.5 Å². The van der Waals surface area contributed by atoms with E-state index < -0.39 is 5.97 Å². The zero-order chi connectivity index (χ0) is 14.4. The van der Waals surface area contributed by atoms with Gasteiger partial charge in [-0.3, -0.25) is 4.98 Å². The van der Waals surface area contributed by atoms with Crippen LogP contribution in [0.25, 0.3) is 0 Å². The van der Waals surface area contributed by atoms with Crippen molar-refractivity contribution < 1.29 is 19.4 Å². The Hall–Kier alpha value is -2.56. The van der Waals surface area contributed by atoms with E-state index in [-0.39, 0.29) is 5.56 Å². The Labute approximate surface area is 116 Å². The number of hydrogen-bond acceptors (Lipinski definition) is 4. The summed E-state index contributed by atoms with van der Waals surface area (Å²) in [6.07, 6.45) is 4.10. The van der Waals surface area contributed by atoms with E-state index in [9.17, 15) is 4.79 Å². The van der Waals surface area contributed by atoms with Gasteiger partial charge < -0.3 is 14.6 Å². The summed E-state index contributed by atoms with van der Waals surface area (Å²) < 4.78 is 10.6. The Kier molecular flexibility index (Phi) is 4.55. The molecule has 1 aromatic carbocycles. The maximum absolute atomic E-state index is 11.1. The van der Waals surface area contributed by atoms with Crippen LogP contribution in [0.15, 0.2) is 42.7 Å². The lowest BCUT2D eigenvalue weighted by atomic mass is 10.2. The van der Waals surface area contributed by atoms with E-state index in [1.807, 2.05) is 12.1 Å². The number of aromatic carboxylic acids is 1. The number of ether oxygens (including phenoxy) is 2. The van der Waals surface area contributed by atoms with Crippen LogP contribution in [0.3, 0.4) is 0 Å². The first-order chi connectivity index (χ1) is 9.70. The van der Waals surface area contributed by atoms with E-state index in [1.165, 1.54) is 13.2 Å². The van der Waals surface area contributed by atoms with Crippen molar-refractivity contribution in [3.05, 3.63) is 53.9 Å². The molecule has 0 aliphatic rings. The van der Waals surface area contributed by atoms with Crippen LogP contribution in [-0.4, -0.2) is 29.8 Å². The fourth-order valence-electron chi connectivity index (χ4n) is 1.75. The van der Waals surface area contributed by atoms with E-state index >= 15 is 0 Å². The van der Waals surface area contributed by atoms with Crippen LogP contribution >= 0.6 is 0 Å². The number of rotatable bonds is 6. The first-order valence-corrected chi connectivity index (χ1v) is 6.13. The number of carbonyl (C=O) groups is 1. The SMILES string of the molecule is COc1ccc(C(=O)O)c(OCCc2ccncc2)c1. The molecule has 1 N–H and O–H groups in total. The molecule has 0 radical (unpaired) electrons. The van der Waals surface area contributed by atoms with Gasteiger partial charge in [0.05, 0.1) is 13.7 Å².